The van der Waals surface area contributed by atoms with Crippen molar-refractivity contribution in [3.8, 4) is 0 Å². The summed E-state index contributed by atoms with van der Waals surface area (Å²) in [7, 11) is 1.63. The summed E-state index contributed by atoms with van der Waals surface area (Å²) in [5.74, 6) is 1.76. The average molecular weight is 324 g/mol. The first kappa shape index (κ1) is 17.9. The number of aliphatic hydroxyl groups is 1. The zero-order valence-electron chi connectivity index (χ0n) is 14.5. The summed E-state index contributed by atoms with van der Waals surface area (Å²) < 4.78 is 7.07. The Hall–Kier alpha value is -1.47. The summed E-state index contributed by atoms with van der Waals surface area (Å²) in [5, 5.41) is 17.6. The van der Waals surface area contributed by atoms with Gasteiger partial charge in [0.1, 0.15) is 12.4 Å². The molecule has 0 saturated heterocycles. The van der Waals surface area contributed by atoms with E-state index in [0.717, 1.165) is 12.2 Å². The van der Waals surface area contributed by atoms with Gasteiger partial charge in [-0.05, 0) is 33.1 Å². The van der Waals surface area contributed by atoms with Crippen LogP contribution in [-0.4, -0.2) is 45.0 Å². The highest BCUT2D eigenvalue weighted by atomic mass is 16.5. The van der Waals surface area contributed by atoms with Crippen molar-refractivity contribution >= 4 is 5.91 Å². The van der Waals surface area contributed by atoms with E-state index in [9.17, 15) is 9.90 Å². The molecule has 23 heavy (non-hydrogen) atoms. The molecule has 7 heteroatoms. The molecule has 1 amide bonds. The van der Waals surface area contributed by atoms with Crippen LogP contribution in [0.4, 0.5) is 0 Å². The number of aromatic nitrogens is 3. The van der Waals surface area contributed by atoms with Gasteiger partial charge in [0.15, 0.2) is 5.82 Å². The van der Waals surface area contributed by atoms with Gasteiger partial charge in [-0.15, -0.1) is 0 Å². The van der Waals surface area contributed by atoms with Crippen LogP contribution in [0.2, 0.25) is 0 Å². The fourth-order valence-electron chi connectivity index (χ4n) is 3.08. The van der Waals surface area contributed by atoms with Crippen LogP contribution in [0.3, 0.4) is 0 Å². The molecule has 2 N–H and O–H groups in total. The van der Waals surface area contributed by atoms with E-state index in [-0.39, 0.29) is 23.9 Å². The van der Waals surface area contributed by atoms with E-state index < -0.39 is 6.10 Å². The first-order valence-corrected chi connectivity index (χ1v) is 8.37. The molecule has 0 radical (unpaired) electrons. The van der Waals surface area contributed by atoms with Gasteiger partial charge in [-0.2, -0.15) is 5.10 Å². The number of methoxy groups -OCH3 is 1. The Morgan fingerprint density at radius 2 is 2.22 bits per heavy atom. The lowest BCUT2D eigenvalue weighted by molar-refractivity contribution is -0.122. The molecule has 1 fully saturated rings. The van der Waals surface area contributed by atoms with Gasteiger partial charge in [-0.3, -0.25) is 4.79 Å². The summed E-state index contributed by atoms with van der Waals surface area (Å²) in [6.07, 6.45) is 2.12. The van der Waals surface area contributed by atoms with Crippen molar-refractivity contribution in [3.05, 3.63) is 11.6 Å². The molecule has 1 saturated carbocycles. The third kappa shape index (κ3) is 4.29. The van der Waals surface area contributed by atoms with Crippen LogP contribution in [-0.2, 0) is 16.1 Å². The number of hydrogen-bond acceptors (Lipinski definition) is 5. The molecule has 0 bridgehead atoms. The van der Waals surface area contributed by atoms with Crippen LogP contribution in [0.15, 0.2) is 0 Å². The molecular weight excluding hydrogens is 296 g/mol. The molecule has 1 aromatic rings. The zero-order chi connectivity index (χ0) is 17.0. The predicted molar refractivity (Wildman–Crippen MR) is 85.9 cm³/mol. The summed E-state index contributed by atoms with van der Waals surface area (Å²) in [5.41, 5.74) is 0. The van der Waals surface area contributed by atoms with Gasteiger partial charge in [0.05, 0.1) is 12.1 Å². The van der Waals surface area contributed by atoms with E-state index in [2.05, 4.69) is 29.2 Å². The Balaban J connectivity index is 2.18. The van der Waals surface area contributed by atoms with Crippen LogP contribution >= 0.6 is 0 Å². The van der Waals surface area contributed by atoms with Crippen molar-refractivity contribution in [2.24, 2.45) is 0 Å². The highest BCUT2D eigenvalue weighted by Crippen LogP contribution is 2.33. The summed E-state index contributed by atoms with van der Waals surface area (Å²) >= 11 is 0. The monoisotopic (exact) mass is 324 g/mol. The van der Waals surface area contributed by atoms with Crippen molar-refractivity contribution in [2.45, 2.75) is 77.2 Å². The van der Waals surface area contributed by atoms with Crippen molar-refractivity contribution in [2.75, 3.05) is 7.11 Å². The number of nitrogens with one attached hydrogen (secondary N) is 1. The van der Waals surface area contributed by atoms with Gasteiger partial charge in [-0.25, -0.2) is 9.67 Å². The standard InChI is InChI=1S/C16H28N4O3/c1-5-15(22)17-12-8-11(6-7-13(12)21)16-18-14(9-23-4)19-20(16)10(2)3/h10-13,21H,5-9H2,1-4H3,(H,17,22)/t11-,12+,13+/m0/s1. The lowest BCUT2D eigenvalue weighted by Crippen LogP contribution is -2.46. The fourth-order valence-corrected chi connectivity index (χ4v) is 3.08. The van der Waals surface area contributed by atoms with E-state index in [0.29, 0.717) is 31.7 Å². The Morgan fingerprint density at radius 3 is 2.83 bits per heavy atom. The number of amides is 1. The molecule has 130 valence electrons. The van der Waals surface area contributed by atoms with Crippen LogP contribution in [0.25, 0.3) is 0 Å². The Kier molecular flexibility index (Phi) is 6.12. The topological polar surface area (TPSA) is 89.3 Å². The fraction of sp³-hybridized carbons (Fsp3) is 0.812. The molecule has 0 unspecified atom stereocenters. The maximum atomic E-state index is 11.7. The quantitative estimate of drug-likeness (QED) is 0.828. The maximum Gasteiger partial charge on any atom is 0.220 e. The minimum absolute atomic E-state index is 0.0277. The lowest BCUT2D eigenvalue weighted by Gasteiger charge is -2.33. The van der Waals surface area contributed by atoms with Crippen molar-refractivity contribution in [3.63, 3.8) is 0 Å². The van der Waals surface area contributed by atoms with E-state index >= 15 is 0 Å². The molecule has 1 aromatic heterocycles. The van der Waals surface area contributed by atoms with Crippen molar-refractivity contribution in [1.82, 2.24) is 20.1 Å². The van der Waals surface area contributed by atoms with Gasteiger partial charge in [0.2, 0.25) is 5.91 Å². The molecule has 2 rings (SSSR count). The third-order valence-corrected chi connectivity index (χ3v) is 4.31. The number of carbonyl (C=O) groups is 1. The summed E-state index contributed by atoms with van der Waals surface area (Å²) in [6, 6.07) is -0.0111. The Labute approximate surface area is 137 Å². The molecule has 1 aliphatic carbocycles. The number of carbonyl (C=O) groups excluding carboxylic acids is 1. The second kappa shape index (κ2) is 7.88. The first-order chi connectivity index (χ1) is 11.0. The number of nitrogens with zero attached hydrogens (tertiary/aromatic N) is 3. The second-order valence-electron chi connectivity index (χ2n) is 6.46. The normalized spacial score (nSPS) is 24.9. The molecule has 7 nitrogen and oxygen atoms in total. The highest BCUT2D eigenvalue weighted by molar-refractivity contribution is 5.75. The molecule has 0 aromatic carbocycles. The average Bonchev–Trinajstić information content (AvgIpc) is 2.94. The van der Waals surface area contributed by atoms with Gasteiger partial charge in [0, 0.05) is 25.5 Å². The molecule has 1 aliphatic rings. The van der Waals surface area contributed by atoms with E-state index in [1.54, 1.807) is 7.11 Å². The van der Waals surface area contributed by atoms with Crippen LogP contribution in [0.5, 0.6) is 0 Å². The first-order valence-electron chi connectivity index (χ1n) is 8.37. The van der Waals surface area contributed by atoms with Gasteiger partial charge in [-0.1, -0.05) is 6.92 Å². The minimum atomic E-state index is -0.490. The molecule has 1 heterocycles. The number of aliphatic hydroxyl groups excluding tert-OH is 1. The Bertz CT molecular complexity index is 529. The SMILES string of the molecule is CCC(=O)N[C@@H]1C[C@@H](c2nc(COC)nn2C(C)C)CC[C@H]1O. The summed E-state index contributed by atoms with van der Waals surface area (Å²) in [4.78, 5) is 16.3. The lowest BCUT2D eigenvalue weighted by atomic mass is 9.83. The maximum absolute atomic E-state index is 11.7. The molecular formula is C16H28N4O3. The van der Waals surface area contributed by atoms with Gasteiger partial charge < -0.3 is 15.2 Å². The molecule has 3 atom stereocenters. The highest BCUT2D eigenvalue weighted by Gasteiger charge is 2.33. The van der Waals surface area contributed by atoms with Crippen LogP contribution in [0.1, 0.15) is 70.1 Å². The van der Waals surface area contributed by atoms with E-state index in [4.69, 9.17) is 4.74 Å². The van der Waals surface area contributed by atoms with Crippen LogP contribution in [0, 0.1) is 0 Å². The van der Waals surface area contributed by atoms with Crippen LogP contribution < -0.4 is 5.32 Å². The third-order valence-electron chi connectivity index (χ3n) is 4.31. The number of ether oxygens (including phenoxy) is 1. The zero-order valence-corrected chi connectivity index (χ0v) is 14.5. The number of rotatable bonds is 6. The van der Waals surface area contributed by atoms with E-state index in [1.807, 2.05) is 11.6 Å². The largest absolute Gasteiger partial charge is 0.391 e. The van der Waals surface area contributed by atoms with Gasteiger partial charge in [0.25, 0.3) is 0 Å². The van der Waals surface area contributed by atoms with Gasteiger partial charge >= 0.3 is 0 Å². The van der Waals surface area contributed by atoms with Crippen molar-refractivity contribution < 1.29 is 14.6 Å². The second-order valence-corrected chi connectivity index (χ2v) is 6.46. The summed E-state index contributed by atoms with van der Waals surface area (Å²) in [6.45, 7) is 6.35. The predicted octanol–water partition coefficient (Wildman–Crippen LogP) is 1.53. The smallest absolute Gasteiger partial charge is 0.220 e. The minimum Gasteiger partial charge on any atom is -0.391 e. The van der Waals surface area contributed by atoms with E-state index in [1.165, 1.54) is 0 Å². The Morgan fingerprint density at radius 1 is 1.48 bits per heavy atom. The molecule has 0 spiro atoms. The number of hydrogen-bond donors (Lipinski definition) is 2. The molecule has 0 aliphatic heterocycles. The van der Waals surface area contributed by atoms with Crippen molar-refractivity contribution in [1.29, 1.82) is 0 Å².